The smallest absolute Gasteiger partial charge is 0.265 e. The van der Waals surface area contributed by atoms with Gasteiger partial charge in [-0.2, -0.15) is 0 Å². The van der Waals surface area contributed by atoms with Crippen molar-refractivity contribution in [1.29, 1.82) is 0 Å². The largest absolute Gasteiger partial charge is 0.386 e. The van der Waals surface area contributed by atoms with E-state index in [-0.39, 0.29) is 12.5 Å². The molecule has 0 aliphatic heterocycles. The van der Waals surface area contributed by atoms with Gasteiger partial charge < -0.3 is 10.2 Å². The molecule has 0 atom stereocenters. The SMILES string of the molecule is Cc1ccccc1/C=N\OCC(=O)Nc1ccc(Cl)c(Cl)c1. The van der Waals surface area contributed by atoms with Gasteiger partial charge in [0.2, 0.25) is 0 Å². The lowest BCUT2D eigenvalue weighted by atomic mass is 10.1. The maximum absolute atomic E-state index is 11.7. The van der Waals surface area contributed by atoms with Crippen LogP contribution in [0.25, 0.3) is 0 Å². The van der Waals surface area contributed by atoms with Gasteiger partial charge in [0.25, 0.3) is 5.91 Å². The molecule has 0 aromatic heterocycles. The molecule has 114 valence electrons. The van der Waals surface area contributed by atoms with Crippen LogP contribution in [0.4, 0.5) is 5.69 Å². The number of carbonyl (C=O) groups excluding carboxylic acids is 1. The first-order valence-corrected chi connectivity index (χ1v) is 7.28. The number of rotatable bonds is 5. The van der Waals surface area contributed by atoms with Gasteiger partial charge in [0, 0.05) is 5.69 Å². The number of hydrogen-bond donors (Lipinski definition) is 1. The zero-order chi connectivity index (χ0) is 15.9. The molecule has 4 nitrogen and oxygen atoms in total. The Balaban J connectivity index is 1.83. The van der Waals surface area contributed by atoms with E-state index in [0.717, 1.165) is 11.1 Å². The van der Waals surface area contributed by atoms with Gasteiger partial charge in [0.05, 0.1) is 16.3 Å². The fraction of sp³-hybridized carbons (Fsp3) is 0.125. The van der Waals surface area contributed by atoms with E-state index in [1.54, 1.807) is 24.4 Å². The van der Waals surface area contributed by atoms with Crippen LogP contribution in [0.15, 0.2) is 47.6 Å². The molecule has 0 bridgehead atoms. The molecule has 6 heteroatoms. The number of nitrogens with zero attached hydrogens (tertiary/aromatic N) is 1. The van der Waals surface area contributed by atoms with Crippen molar-refractivity contribution in [2.45, 2.75) is 6.92 Å². The van der Waals surface area contributed by atoms with E-state index in [9.17, 15) is 4.79 Å². The van der Waals surface area contributed by atoms with Gasteiger partial charge >= 0.3 is 0 Å². The third-order valence-corrected chi connectivity index (χ3v) is 3.59. The van der Waals surface area contributed by atoms with Crippen LogP contribution in [-0.2, 0) is 9.63 Å². The molecule has 2 aromatic carbocycles. The highest BCUT2D eigenvalue weighted by Gasteiger charge is 2.05. The molecule has 2 rings (SSSR count). The predicted molar refractivity (Wildman–Crippen MR) is 89.8 cm³/mol. The van der Waals surface area contributed by atoms with Crippen molar-refractivity contribution in [3.05, 3.63) is 63.6 Å². The number of anilines is 1. The van der Waals surface area contributed by atoms with Gasteiger partial charge in [0.15, 0.2) is 6.61 Å². The average molecular weight is 337 g/mol. The first-order valence-electron chi connectivity index (χ1n) is 6.52. The summed E-state index contributed by atoms with van der Waals surface area (Å²) in [5.41, 5.74) is 2.56. The molecule has 1 N–H and O–H groups in total. The van der Waals surface area contributed by atoms with E-state index in [1.165, 1.54) is 0 Å². The zero-order valence-electron chi connectivity index (χ0n) is 11.8. The average Bonchev–Trinajstić information content (AvgIpc) is 2.49. The maximum Gasteiger partial charge on any atom is 0.265 e. The molecule has 1 amide bonds. The molecule has 0 aliphatic rings. The lowest BCUT2D eigenvalue weighted by Crippen LogP contribution is -2.16. The van der Waals surface area contributed by atoms with Gasteiger partial charge in [-0.05, 0) is 36.2 Å². The molecule has 2 aromatic rings. The topological polar surface area (TPSA) is 50.7 Å². The minimum absolute atomic E-state index is 0.192. The standard InChI is InChI=1S/C16H14Cl2N2O2/c1-11-4-2-3-5-12(11)9-19-22-10-16(21)20-13-6-7-14(17)15(18)8-13/h2-9H,10H2,1H3,(H,20,21)/b19-9-. The summed E-state index contributed by atoms with van der Waals surface area (Å²) in [5.74, 6) is -0.333. The number of hydrogen-bond acceptors (Lipinski definition) is 3. The number of amides is 1. The number of oxime groups is 1. The summed E-state index contributed by atoms with van der Waals surface area (Å²) < 4.78 is 0. The first-order chi connectivity index (χ1) is 10.6. The van der Waals surface area contributed by atoms with Crippen LogP contribution < -0.4 is 5.32 Å². The molecule has 0 saturated carbocycles. The molecular formula is C16H14Cl2N2O2. The van der Waals surface area contributed by atoms with E-state index >= 15 is 0 Å². The highest BCUT2D eigenvalue weighted by atomic mass is 35.5. The molecule has 0 fully saturated rings. The number of carbonyl (C=O) groups is 1. The first kappa shape index (κ1) is 16.3. The van der Waals surface area contributed by atoms with E-state index < -0.39 is 0 Å². The number of nitrogens with one attached hydrogen (secondary N) is 1. The minimum atomic E-state index is -0.333. The molecule has 0 saturated heterocycles. The number of benzene rings is 2. The van der Waals surface area contributed by atoms with Crippen molar-refractivity contribution >= 4 is 41.0 Å². The Hall–Kier alpha value is -2.04. The van der Waals surface area contributed by atoms with Crippen molar-refractivity contribution in [3.63, 3.8) is 0 Å². The second kappa shape index (κ2) is 7.82. The van der Waals surface area contributed by atoms with E-state index in [0.29, 0.717) is 15.7 Å². The summed E-state index contributed by atoms with van der Waals surface area (Å²) >= 11 is 11.7. The minimum Gasteiger partial charge on any atom is -0.386 e. The molecule has 0 aliphatic carbocycles. The van der Waals surface area contributed by atoms with Crippen LogP contribution in [0, 0.1) is 6.92 Å². The van der Waals surface area contributed by atoms with Gasteiger partial charge in [-0.3, -0.25) is 4.79 Å². The molecule has 0 unspecified atom stereocenters. The summed E-state index contributed by atoms with van der Waals surface area (Å²) in [7, 11) is 0. The lowest BCUT2D eigenvalue weighted by Gasteiger charge is -2.05. The maximum atomic E-state index is 11.7. The summed E-state index contributed by atoms with van der Waals surface area (Å²) in [6, 6.07) is 12.6. The molecular weight excluding hydrogens is 323 g/mol. The van der Waals surface area contributed by atoms with Crippen LogP contribution in [0.3, 0.4) is 0 Å². The second-order valence-electron chi connectivity index (χ2n) is 4.54. The Bertz CT molecular complexity index is 702. The Kier molecular flexibility index (Phi) is 5.81. The number of aryl methyl sites for hydroxylation is 1. The van der Waals surface area contributed by atoms with Crippen molar-refractivity contribution in [1.82, 2.24) is 0 Å². The summed E-state index contributed by atoms with van der Waals surface area (Å²) in [6.45, 7) is 1.78. The third kappa shape index (κ3) is 4.76. The van der Waals surface area contributed by atoms with E-state index in [4.69, 9.17) is 28.0 Å². The molecule has 0 heterocycles. The highest BCUT2D eigenvalue weighted by Crippen LogP contribution is 2.24. The van der Waals surface area contributed by atoms with Crippen LogP contribution in [0.5, 0.6) is 0 Å². The molecule has 0 spiro atoms. The Morgan fingerprint density at radius 1 is 1.23 bits per heavy atom. The Morgan fingerprint density at radius 3 is 2.73 bits per heavy atom. The fourth-order valence-electron chi connectivity index (χ4n) is 1.69. The molecule has 22 heavy (non-hydrogen) atoms. The Labute approximate surface area is 138 Å². The summed E-state index contributed by atoms with van der Waals surface area (Å²) in [6.07, 6.45) is 1.57. The van der Waals surface area contributed by atoms with Crippen LogP contribution >= 0.6 is 23.2 Å². The molecule has 0 radical (unpaired) electrons. The lowest BCUT2D eigenvalue weighted by molar-refractivity contribution is -0.120. The van der Waals surface area contributed by atoms with Crippen molar-refractivity contribution in [2.75, 3.05) is 11.9 Å². The van der Waals surface area contributed by atoms with Gasteiger partial charge in [-0.15, -0.1) is 0 Å². The highest BCUT2D eigenvalue weighted by molar-refractivity contribution is 6.42. The quantitative estimate of drug-likeness (QED) is 0.654. The number of halogens is 2. The van der Waals surface area contributed by atoms with Crippen molar-refractivity contribution in [2.24, 2.45) is 5.16 Å². The summed E-state index contributed by atoms with van der Waals surface area (Å²) in [4.78, 5) is 16.7. The predicted octanol–water partition coefficient (Wildman–Crippen LogP) is 4.29. The second-order valence-corrected chi connectivity index (χ2v) is 5.36. The summed E-state index contributed by atoms with van der Waals surface area (Å²) in [5, 5.41) is 7.22. The van der Waals surface area contributed by atoms with Gasteiger partial charge in [-0.1, -0.05) is 52.6 Å². The zero-order valence-corrected chi connectivity index (χ0v) is 13.4. The van der Waals surface area contributed by atoms with Gasteiger partial charge in [0.1, 0.15) is 0 Å². The van der Waals surface area contributed by atoms with Crippen LogP contribution in [0.2, 0.25) is 10.0 Å². The fourth-order valence-corrected chi connectivity index (χ4v) is 1.99. The normalized spacial score (nSPS) is 10.7. The monoisotopic (exact) mass is 336 g/mol. The third-order valence-electron chi connectivity index (χ3n) is 2.85. The Morgan fingerprint density at radius 2 is 2.00 bits per heavy atom. The van der Waals surface area contributed by atoms with E-state index in [2.05, 4.69) is 10.5 Å². The van der Waals surface area contributed by atoms with Crippen molar-refractivity contribution < 1.29 is 9.63 Å². The van der Waals surface area contributed by atoms with Crippen LogP contribution in [-0.4, -0.2) is 18.7 Å². The van der Waals surface area contributed by atoms with Gasteiger partial charge in [-0.25, -0.2) is 0 Å². The van der Waals surface area contributed by atoms with Crippen molar-refractivity contribution in [3.8, 4) is 0 Å². The van der Waals surface area contributed by atoms with Crippen LogP contribution in [0.1, 0.15) is 11.1 Å². The van der Waals surface area contributed by atoms with E-state index in [1.807, 2.05) is 31.2 Å².